The number of carbonyl (C=O) groups is 1. The highest BCUT2D eigenvalue weighted by Gasteiger charge is 2.17. The summed E-state index contributed by atoms with van der Waals surface area (Å²) < 4.78 is 7.74. The molecule has 0 fully saturated rings. The number of hydrazone groups is 1. The Morgan fingerprint density at radius 3 is 2.56 bits per heavy atom. The van der Waals surface area contributed by atoms with Crippen molar-refractivity contribution in [1.82, 2.24) is 25.2 Å². The van der Waals surface area contributed by atoms with Crippen LogP contribution in [-0.4, -0.2) is 37.6 Å². The van der Waals surface area contributed by atoms with Gasteiger partial charge in [0.15, 0.2) is 11.0 Å². The topological polar surface area (TPSA) is 94.3 Å². The number of nitrogens with zero attached hydrogens (tertiary/aromatic N) is 5. The van der Waals surface area contributed by atoms with E-state index in [2.05, 4.69) is 25.7 Å². The molecule has 194 valence electrons. The Balaban J connectivity index is 1.21. The van der Waals surface area contributed by atoms with Crippen LogP contribution in [-0.2, 0) is 11.4 Å². The molecule has 2 aromatic heterocycles. The molecule has 0 radical (unpaired) electrons. The van der Waals surface area contributed by atoms with Gasteiger partial charge in [-0.3, -0.25) is 14.3 Å². The van der Waals surface area contributed by atoms with Crippen molar-refractivity contribution < 1.29 is 9.53 Å². The van der Waals surface area contributed by atoms with Gasteiger partial charge in [-0.2, -0.15) is 5.10 Å². The van der Waals surface area contributed by atoms with Crippen molar-refractivity contribution in [2.45, 2.75) is 11.8 Å². The molecule has 10 heteroatoms. The largest absolute Gasteiger partial charge is 0.489 e. The SMILES string of the molecule is O=C(CSc1nnc(-c2ccncc2)n1-c1ccc(Cl)cc1)NN=Cc1cccc(OCc2ccccc2)c1. The van der Waals surface area contributed by atoms with E-state index < -0.39 is 0 Å². The van der Waals surface area contributed by atoms with Crippen molar-refractivity contribution in [3.63, 3.8) is 0 Å². The zero-order valence-electron chi connectivity index (χ0n) is 20.6. The lowest BCUT2D eigenvalue weighted by molar-refractivity contribution is -0.118. The third kappa shape index (κ3) is 7.10. The second kappa shape index (κ2) is 12.9. The van der Waals surface area contributed by atoms with Gasteiger partial charge < -0.3 is 4.74 Å². The molecular weight excluding hydrogens is 532 g/mol. The van der Waals surface area contributed by atoms with E-state index in [1.54, 1.807) is 30.7 Å². The van der Waals surface area contributed by atoms with Crippen molar-refractivity contribution in [3.8, 4) is 22.8 Å². The number of benzene rings is 3. The average molecular weight is 555 g/mol. The normalized spacial score (nSPS) is 11.0. The minimum atomic E-state index is -0.274. The Morgan fingerprint density at radius 2 is 1.77 bits per heavy atom. The van der Waals surface area contributed by atoms with Crippen molar-refractivity contribution in [2.24, 2.45) is 5.10 Å². The average Bonchev–Trinajstić information content (AvgIpc) is 3.41. The number of nitrogens with one attached hydrogen (secondary N) is 1. The summed E-state index contributed by atoms with van der Waals surface area (Å²) >= 11 is 7.35. The molecule has 39 heavy (non-hydrogen) atoms. The minimum absolute atomic E-state index is 0.0969. The molecule has 2 heterocycles. The van der Waals surface area contributed by atoms with Gasteiger partial charge in [0.25, 0.3) is 5.91 Å². The van der Waals surface area contributed by atoms with Gasteiger partial charge in [0.2, 0.25) is 0 Å². The first-order valence-electron chi connectivity index (χ1n) is 12.0. The smallest absolute Gasteiger partial charge is 0.250 e. The molecule has 0 saturated carbocycles. The molecule has 0 aliphatic heterocycles. The maximum atomic E-state index is 12.5. The van der Waals surface area contributed by atoms with E-state index in [9.17, 15) is 4.79 Å². The van der Waals surface area contributed by atoms with Crippen molar-refractivity contribution in [2.75, 3.05) is 5.75 Å². The Kier molecular flexibility index (Phi) is 8.62. The van der Waals surface area contributed by atoms with E-state index in [1.807, 2.05) is 83.4 Å². The highest BCUT2D eigenvalue weighted by atomic mass is 35.5. The van der Waals surface area contributed by atoms with Gasteiger partial charge in [-0.05, 0) is 59.7 Å². The van der Waals surface area contributed by atoms with Crippen LogP contribution in [0.4, 0.5) is 0 Å². The van der Waals surface area contributed by atoms with E-state index in [4.69, 9.17) is 16.3 Å². The lowest BCUT2D eigenvalue weighted by Gasteiger charge is -2.10. The molecule has 5 rings (SSSR count). The van der Waals surface area contributed by atoms with E-state index in [0.717, 1.165) is 28.1 Å². The molecule has 1 amide bonds. The maximum Gasteiger partial charge on any atom is 0.250 e. The fourth-order valence-electron chi connectivity index (χ4n) is 3.64. The van der Waals surface area contributed by atoms with E-state index in [-0.39, 0.29) is 11.7 Å². The summed E-state index contributed by atoms with van der Waals surface area (Å²) in [6.07, 6.45) is 4.97. The van der Waals surface area contributed by atoms with E-state index in [0.29, 0.717) is 22.6 Å². The van der Waals surface area contributed by atoms with Crippen LogP contribution in [0.5, 0.6) is 5.75 Å². The van der Waals surface area contributed by atoms with Crippen LogP contribution in [0.15, 0.2) is 114 Å². The van der Waals surface area contributed by atoms with E-state index in [1.165, 1.54) is 11.8 Å². The van der Waals surface area contributed by atoms with Crippen molar-refractivity contribution in [1.29, 1.82) is 0 Å². The van der Waals surface area contributed by atoms with Gasteiger partial charge >= 0.3 is 0 Å². The zero-order chi connectivity index (χ0) is 26.9. The molecule has 1 N–H and O–H groups in total. The van der Waals surface area contributed by atoms with Gasteiger partial charge in [0.05, 0.1) is 12.0 Å². The van der Waals surface area contributed by atoms with Crippen LogP contribution < -0.4 is 10.2 Å². The lowest BCUT2D eigenvalue weighted by atomic mass is 10.2. The highest BCUT2D eigenvalue weighted by molar-refractivity contribution is 7.99. The van der Waals surface area contributed by atoms with Crippen molar-refractivity contribution in [3.05, 3.63) is 120 Å². The quantitative estimate of drug-likeness (QED) is 0.133. The van der Waals surface area contributed by atoms with Gasteiger partial charge in [-0.15, -0.1) is 10.2 Å². The maximum absolute atomic E-state index is 12.5. The molecule has 0 aliphatic carbocycles. The van der Waals surface area contributed by atoms with Crippen LogP contribution >= 0.6 is 23.4 Å². The number of halogens is 1. The summed E-state index contributed by atoms with van der Waals surface area (Å²) in [6, 6.07) is 28.5. The zero-order valence-corrected chi connectivity index (χ0v) is 22.2. The molecule has 8 nitrogen and oxygen atoms in total. The third-order valence-corrected chi connectivity index (χ3v) is 6.68. The summed E-state index contributed by atoms with van der Waals surface area (Å²) in [7, 11) is 0. The van der Waals surface area contributed by atoms with Crippen LogP contribution in [0.2, 0.25) is 5.02 Å². The van der Waals surface area contributed by atoms with Crippen LogP contribution in [0.3, 0.4) is 0 Å². The Morgan fingerprint density at radius 1 is 0.974 bits per heavy atom. The van der Waals surface area contributed by atoms with Gasteiger partial charge in [0, 0.05) is 28.7 Å². The first kappa shape index (κ1) is 26.1. The molecule has 0 unspecified atom stereocenters. The first-order chi connectivity index (χ1) is 19.2. The van der Waals surface area contributed by atoms with Gasteiger partial charge in [-0.1, -0.05) is 65.8 Å². The number of pyridine rings is 1. The number of amides is 1. The lowest BCUT2D eigenvalue weighted by Crippen LogP contribution is -2.20. The molecule has 0 atom stereocenters. The highest BCUT2D eigenvalue weighted by Crippen LogP contribution is 2.28. The Labute approximate surface area is 234 Å². The Bertz CT molecular complexity index is 1560. The minimum Gasteiger partial charge on any atom is -0.489 e. The molecule has 0 spiro atoms. The summed E-state index contributed by atoms with van der Waals surface area (Å²) in [6.45, 7) is 0.471. The second-order valence-corrected chi connectivity index (χ2v) is 9.66. The number of thioether (sulfide) groups is 1. The predicted molar refractivity (Wildman–Crippen MR) is 153 cm³/mol. The molecular formula is C29H23ClN6O2S. The van der Waals surface area contributed by atoms with Crippen LogP contribution in [0.25, 0.3) is 17.1 Å². The number of carbonyl (C=O) groups excluding carboxylic acids is 1. The Hall–Kier alpha value is -4.47. The molecule has 5 aromatic rings. The van der Waals surface area contributed by atoms with Crippen LogP contribution in [0.1, 0.15) is 11.1 Å². The number of hydrogen-bond donors (Lipinski definition) is 1. The molecule has 0 bridgehead atoms. The van der Waals surface area contributed by atoms with E-state index >= 15 is 0 Å². The summed E-state index contributed by atoms with van der Waals surface area (Å²) in [4.78, 5) is 16.6. The number of hydrogen-bond acceptors (Lipinski definition) is 7. The van der Waals surface area contributed by atoms with Gasteiger partial charge in [0.1, 0.15) is 12.4 Å². The number of rotatable bonds is 10. The second-order valence-electron chi connectivity index (χ2n) is 8.28. The fraction of sp³-hybridized carbons (Fsp3) is 0.0690. The first-order valence-corrected chi connectivity index (χ1v) is 13.4. The summed E-state index contributed by atoms with van der Waals surface area (Å²) in [5.74, 6) is 1.18. The predicted octanol–water partition coefficient (Wildman–Crippen LogP) is 5.80. The summed E-state index contributed by atoms with van der Waals surface area (Å²) in [5.41, 5.74) is 6.13. The molecule has 0 aliphatic rings. The molecule has 3 aromatic carbocycles. The monoisotopic (exact) mass is 554 g/mol. The van der Waals surface area contributed by atoms with Crippen molar-refractivity contribution >= 4 is 35.5 Å². The fourth-order valence-corrected chi connectivity index (χ4v) is 4.51. The summed E-state index contributed by atoms with van der Waals surface area (Å²) in [5, 5.41) is 14.0. The number of aromatic nitrogens is 4. The third-order valence-electron chi connectivity index (χ3n) is 5.50. The number of ether oxygens (including phenoxy) is 1. The standard InChI is InChI=1S/C29H23ClN6O2S/c30-24-9-11-25(12-10-24)36-28(23-13-15-31-16-14-23)34-35-29(36)39-20-27(37)33-32-18-22-7-4-8-26(17-22)38-19-21-5-2-1-3-6-21/h1-18H,19-20H2,(H,33,37). The molecule has 0 saturated heterocycles. The van der Waals surface area contributed by atoms with Crippen LogP contribution in [0, 0.1) is 0 Å². The van der Waals surface area contributed by atoms with Gasteiger partial charge in [-0.25, -0.2) is 5.43 Å².